The second kappa shape index (κ2) is 7.68. The average Bonchev–Trinajstić information content (AvgIpc) is 2.54. The Bertz CT molecular complexity index is 631. The van der Waals surface area contributed by atoms with Gasteiger partial charge in [0.1, 0.15) is 0 Å². The molecule has 0 fully saturated rings. The molecule has 2 N–H and O–H groups in total. The fraction of sp³-hybridized carbons (Fsp3) is 0.316. The van der Waals surface area contributed by atoms with Gasteiger partial charge in [0.2, 0.25) is 5.91 Å². The number of amides is 1. The molecule has 122 valence electrons. The second-order valence-corrected chi connectivity index (χ2v) is 6.12. The quantitative estimate of drug-likeness (QED) is 0.849. The molecule has 2 rings (SSSR count). The Morgan fingerprint density at radius 2 is 1.52 bits per heavy atom. The molecule has 1 amide bonds. The lowest BCUT2D eigenvalue weighted by Crippen LogP contribution is -2.21. The third-order valence-corrected chi connectivity index (χ3v) is 3.70. The largest absolute Gasteiger partial charge is 0.378 e. The van der Waals surface area contributed by atoms with Gasteiger partial charge in [-0.15, -0.1) is 0 Å². The second-order valence-electron chi connectivity index (χ2n) is 6.12. The van der Waals surface area contributed by atoms with Crippen LogP contribution in [0, 0.1) is 0 Å². The molecule has 2 aromatic rings. The van der Waals surface area contributed by atoms with Gasteiger partial charge in [-0.05, 0) is 47.9 Å². The maximum absolute atomic E-state index is 12.0. The van der Waals surface area contributed by atoms with E-state index < -0.39 is 0 Å². The number of carbonyl (C=O) groups excluding carboxylic acids is 1. The molecule has 0 aliphatic rings. The van der Waals surface area contributed by atoms with Gasteiger partial charge in [0.25, 0.3) is 0 Å². The summed E-state index contributed by atoms with van der Waals surface area (Å²) in [6.45, 7) is 4.57. The van der Waals surface area contributed by atoms with Gasteiger partial charge < -0.3 is 15.5 Å². The number of benzene rings is 2. The summed E-state index contributed by atoms with van der Waals surface area (Å²) < 4.78 is 0. The first-order valence-corrected chi connectivity index (χ1v) is 7.87. The van der Waals surface area contributed by atoms with Crippen molar-refractivity contribution in [3.05, 3.63) is 54.1 Å². The van der Waals surface area contributed by atoms with Crippen molar-refractivity contribution in [3.8, 4) is 0 Å². The Morgan fingerprint density at radius 1 is 0.957 bits per heavy atom. The van der Waals surface area contributed by atoms with E-state index in [9.17, 15) is 4.79 Å². The monoisotopic (exact) mass is 311 g/mol. The fourth-order valence-electron chi connectivity index (χ4n) is 2.22. The van der Waals surface area contributed by atoms with Crippen LogP contribution in [-0.2, 0) is 4.79 Å². The Balaban J connectivity index is 1.85. The van der Waals surface area contributed by atoms with Crippen LogP contribution >= 0.6 is 0 Å². The molecular formula is C19H25N3O. The number of nitrogens with zero attached hydrogens (tertiary/aromatic N) is 1. The molecule has 0 radical (unpaired) electrons. The van der Waals surface area contributed by atoms with Crippen molar-refractivity contribution in [1.29, 1.82) is 0 Å². The summed E-state index contributed by atoms with van der Waals surface area (Å²) in [7, 11) is 3.98. The van der Waals surface area contributed by atoms with Crippen molar-refractivity contribution in [3.63, 3.8) is 0 Å². The molecule has 2 aromatic carbocycles. The minimum absolute atomic E-state index is 0.0597. The van der Waals surface area contributed by atoms with Crippen LogP contribution in [-0.4, -0.2) is 26.5 Å². The highest BCUT2D eigenvalue weighted by Gasteiger charge is 2.04. The third-order valence-electron chi connectivity index (χ3n) is 3.70. The zero-order chi connectivity index (χ0) is 16.8. The van der Waals surface area contributed by atoms with Crippen LogP contribution in [0.25, 0.3) is 0 Å². The standard InChI is InChI=1S/C19H25N3O/c1-14(2)15-5-7-16(8-6-15)20-13-19(23)21-17-9-11-18(12-10-17)22(3)4/h5-12,14,20H,13H2,1-4H3,(H,21,23). The normalized spacial score (nSPS) is 10.5. The highest BCUT2D eigenvalue weighted by molar-refractivity contribution is 5.93. The van der Waals surface area contributed by atoms with Gasteiger partial charge >= 0.3 is 0 Å². The summed E-state index contributed by atoms with van der Waals surface area (Å²) in [5, 5.41) is 6.03. The van der Waals surface area contributed by atoms with Gasteiger partial charge in [-0.3, -0.25) is 4.79 Å². The number of nitrogens with one attached hydrogen (secondary N) is 2. The van der Waals surface area contributed by atoms with Crippen LogP contribution in [0.5, 0.6) is 0 Å². The smallest absolute Gasteiger partial charge is 0.243 e. The maximum Gasteiger partial charge on any atom is 0.243 e. The Kier molecular flexibility index (Phi) is 5.63. The highest BCUT2D eigenvalue weighted by Crippen LogP contribution is 2.17. The topological polar surface area (TPSA) is 44.4 Å². The van der Waals surface area contributed by atoms with E-state index in [1.807, 2.05) is 55.4 Å². The van der Waals surface area contributed by atoms with Crippen LogP contribution < -0.4 is 15.5 Å². The van der Waals surface area contributed by atoms with Gasteiger partial charge in [-0.2, -0.15) is 0 Å². The van der Waals surface area contributed by atoms with E-state index in [0.717, 1.165) is 17.1 Å². The number of hydrogen-bond acceptors (Lipinski definition) is 3. The predicted molar refractivity (Wildman–Crippen MR) is 98.4 cm³/mol. The van der Waals surface area contributed by atoms with Gasteiger partial charge in [-0.25, -0.2) is 0 Å². The minimum Gasteiger partial charge on any atom is -0.378 e. The molecule has 0 aromatic heterocycles. The molecule has 0 aliphatic heterocycles. The summed E-state index contributed by atoms with van der Waals surface area (Å²) in [6.07, 6.45) is 0. The van der Waals surface area contributed by atoms with Crippen LogP contribution in [0.15, 0.2) is 48.5 Å². The number of carbonyl (C=O) groups is 1. The number of hydrogen-bond donors (Lipinski definition) is 2. The lowest BCUT2D eigenvalue weighted by atomic mass is 10.0. The molecule has 4 nitrogen and oxygen atoms in total. The first kappa shape index (κ1) is 16.9. The van der Waals surface area contributed by atoms with Gasteiger partial charge in [0, 0.05) is 31.2 Å². The van der Waals surface area contributed by atoms with Gasteiger partial charge in [0.05, 0.1) is 6.54 Å². The molecule has 0 atom stereocenters. The molecular weight excluding hydrogens is 286 g/mol. The first-order valence-electron chi connectivity index (χ1n) is 7.87. The summed E-state index contributed by atoms with van der Waals surface area (Å²) in [6, 6.07) is 16.0. The van der Waals surface area contributed by atoms with E-state index in [-0.39, 0.29) is 12.5 Å². The summed E-state index contributed by atoms with van der Waals surface area (Å²) >= 11 is 0. The van der Waals surface area contributed by atoms with E-state index in [2.05, 4.69) is 36.6 Å². The van der Waals surface area contributed by atoms with Crippen molar-refractivity contribution >= 4 is 23.0 Å². The Morgan fingerprint density at radius 3 is 2.04 bits per heavy atom. The lowest BCUT2D eigenvalue weighted by molar-refractivity contribution is -0.114. The van der Waals surface area contributed by atoms with Crippen molar-refractivity contribution < 1.29 is 4.79 Å². The predicted octanol–water partition coefficient (Wildman–Crippen LogP) is 3.93. The Hall–Kier alpha value is -2.49. The average molecular weight is 311 g/mol. The van der Waals surface area contributed by atoms with E-state index in [1.165, 1.54) is 5.56 Å². The lowest BCUT2D eigenvalue weighted by Gasteiger charge is -2.13. The van der Waals surface area contributed by atoms with Crippen molar-refractivity contribution in [2.75, 3.05) is 36.2 Å². The maximum atomic E-state index is 12.0. The summed E-state index contributed by atoms with van der Waals surface area (Å²) in [5.74, 6) is 0.452. The summed E-state index contributed by atoms with van der Waals surface area (Å²) in [5.41, 5.74) is 4.15. The molecule has 4 heteroatoms. The van der Waals surface area contributed by atoms with Gasteiger partial charge in [-0.1, -0.05) is 26.0 Å². The van der Waals surface area contributed by atoms with Crippen LogP contribution in [0.4, 0.5) is 17.1 Å². The van der Waals surface area contributed by atoms with Gasteiger partial charge in [0.15, 0.2) is 0 Å². The summed E-state index contributed by atoms with van der Waals surface area (Å²) in [4.78, 5) is 14.0. The van der Waals surface area contributed by atoms with Crippen molar-refractivity contribution in [2.45, 2.75) is 19.8 Å². The molecule has 0 saturated heterocycles. The fourth-order valence-corrected chi connectivity index (χ4v) is 2.22. The van der Waals surface area contributed by atoms with E-state index in [1.54, 1.807) is 0 Å². The molecule has 0 bridgehead atoms. The van der Waals surface area contributed by atoms with Crippen LogP contribution in [0.2, 0.25) is 0 Å². The SMILES string of the molecule is CC(C)c1ccc(NCC(=O)Nc2ccc(N(C)C)cc2)cc1. The minimum atomic E-state index is -0.0597. The zero-order valence-corrected chi connectivity index (χ0v) is 14.3. The van der Waals surface area contributed by atoms with E-state index >= 15 is 0 Å². The molecule has 0 saturated carbocycles. The molecule has 0 aliphatic carbocycles. The molecule has 0 unspecified atom stereocenters. The van der Waals surface area contributed by atoms with E-state index in [0.29, 0.717) is 5.92 Å². The van der Waals surface area contributed by atoms with Crippen LogP contribution in [0.1, 0.15) is 25.3 Å². The van der Waals surface area contributed by atoms with Crippen LogP contribution in [0.3, 0.4) is 0 Å². The number of anilines is 3. The first-order chi connectivity index (χ1) is 11.0. The van der Waals surface area contributed by atoms with E-state index in [4.69, 9.17) is 0 Å². The van der Waals surface area contributed by atoms with Crippen molar-refractivity contribution in [1.82, 2.24) is 0 Å². The molecule has 0 spiro atoms. The molecule has 0 heterocycles. The highest BCUT2D eigenvalue weighted by atomic mass is 16.1. The molecule has 23 heavy (non-hydrogen) atoms. The zero-order valence-electron chi connectivity index (χ0n) is 14.3. The Labute approximate surface area is 138 Å². The van der Waals surface area contributed by atoms with Crippen molar-refractivity contribution in [2.24, 2.45) is 0 Å². The third kappa shape index (κ3) is 5.02. The number of rotatable bonds is 6.